The predicted molar refractivity (Wildman–Crippen MR) is 90.3 cm³/mol. The molecular weight excluding hydrogens is 328 g/mol. The zero-order chi connectivity index (χ0) is 16.8. The van der Waals surface area contributed by atoms with Crippen LogP contribution in [0.2, 0.25) is 5.02 Å². The van der Waals surface area contributed by atoms with Gasteiger partial charge in [-0.25, -0.2) is 9.67 Å². The minimum Gasteiger partial charge on any atom is -0.365 e. The van der Waals surface area contributed by atoms with Gasteiger partial charge in [0.15, 0.2) is 5.69 Å². The van der Waals surface area contributed by atoms with Crippen LogP contribution in [0, 0.1) is 11.3 Å². The standard InChI is InChI=1S/C16H15ClN6O/c1-21-16(24)15(17)14(7-20-21)22-8-10-5-11(9-22)23(10)13-3-2-4-19-12(13)6-18/h2-4,7,10-11H,5,8-9H2,1H3. The molecule has 3 aliphatic rings. The molecular formula is C16H15ClN6O. The molecule has 5 rings (SSSR count). The summed E-state index contributed by atoms with van der Waals surface area (Å²) < 4.78 is 1.23. The lowest BCUT2D eigenvalue weighted by atomic mass is 9.86. The number of rotatable bonds is 2. The van der Waals surface area contributed by atoms with Crippen LogP contribution in [0.5, 0.6) is 0 Å². The summed E-state index contributed by atoms with van der Waals surface area (Å²) >= 11 is 6.21. The van der Waals surface area contributed by atoms with Gasteiger partial charge >= 0.3 is 0 Å². The van der Waals surface area contributed by atoms with Crippen molar-refractivity contribution in [1.29, 1.82) is 5.26 Å². The van der Waals surface area contributed by atoms with Gasteiger partial charge in [-0.1, -0.05) is 11.6 Å². The molecule has 0 aliphatic carbocycles. The van der Waals surface area contributed by atoms with E-state index in [0.717, 1.165) is 25.2 Å². The number of hydrogen-bond acceptors (Lipinski definition) is 6. The Morgan fingerprint density at radius 2 is 2.08 bits per heavy atom. The van der Waals surface area contributed by atoms with E-state index < -0.39 is 0 Å². The third kappa shape index (κ3) is 2.14. The fourth-order valence-corrected chi connectivity index (χ4v) is 3.90. The van der Waals surface area contributed by atoms with Crippen molar-refractivity contribution < 1.29 is 0 Å². The molecule has 0 N–H and O–H groups in total. The van der Waals surface area contributed by atoms with Crippen molar-refractivity contribution in [2.45, 2.75) is 18.5 Å². The average Bonchev–Trinajstić information content (AvgIpc) is 2.60. The number of aryl methyl sites for hydroxylation is 1. The van der Waals surface area contributed by atoms with Gasteiger partial charge in [0, 0.05) is 38.4 Å². The largest absolute Gasteiger partial charge is 0.365 e. The van der Waals surface area contributed by atoms with Gasteiger partial charge in [-0.15, -0.1) is 0 Å². The summed E-state index contributed by atoms with van der Waals surface area (Å²) in [6.45, 7) is 1.48. The van der Waals surface area contributed by atoms with E-state index in [0.29, 0.717) is 11.4 Å². The van der Waals surface area contributed by atoms with Gasteiger partial charge in [0.2, 0.25) is 0 Å². The minimum atomic E-state index is -0.288. The van der Waals surface area contributed by atoms with Crippen LogP contribution in [-0.2, 0) is 7.05 Å². The fraction of sp³-hybridized carbons (Fsp3) is 0.375. The summed E-state index contributed by atoms with van der Waals surface area (Å²) in [5.74, 6) is 0. The van der Waals surface area contributed by atoms with Crippen molar-refractivity contribution in [1.82, 2.24) is 14.8 Å². The molecule has 8 heteroatoms. The SMILES string of the molecule is Cn1ncc(N2CC3CC(C2)N3c2cccnc2C#N)c(Cl)c1=O. The zero-order valence-electron chi connectivity index (χ0n) is 13.1. The second-order valence-electron chi connectivity index (χ2n) is 6.11. The second kappa shape index (κ2) is 5.49. The van der Waals surface area contributed by atoms with Gasteiger partial charge < -0.3 is 9.80 Å². The Morgan fingerprint density at radius 3 is 2.79 bits per heavy atom. The molecule has 0 amide bonds. The van der Waals surface area contributed by atoms with Gasteiger partial charge in [-0.3, -0.25) is 4.79 Å². The van der Waals surface area contributed by atoms with Crippen molar-refractivity contribution in [3.05, 3.63) is 45.6 Å². The fourth-order valence-electron chi connectivity index (χ4n) is 3.61. The zero-order valence-corrected chi connectivity index (χ0v) is 13.8. The molecule has 0 radical (unpaired) electrons. The summed E-state index contributed by atoms with van der Waals surface area (Å²) in [6, 6.07) is 6.50. The maximum atomic E-state index is 12.0. The van der Waals surface area contributed by atoms with Crippen molar-refractivity contribution in [3.63, 3.8) is 0 Å². The molecule has 5 heterocycles. The quantitative estimate of drug-likeness (QED) is 0.815. The maximum absolute atomic E-state index is 12.0. The predicted octanol–water partition coefficient (Wildman–Crippen LogP) is 1.17. The monoisotopic (exact) mass is 342 g/mol. The third-order valence-corrected chi connectivity index (χ3v) is 5.12. The molecule has 2 bridgehead atoms. The van der Waals surface area contributed by atoms with Gasteiger partial charge in [0.25, 0.3) is 5.56 Å². The van der Waals surface area contributed by atoms with E-state index in [2.05, 4.69) is 26.0 Å². The number of nitriles is 1. The number of anilines is 2. The van der Waals surface area contributed by atoms with Crippen LogP contribution in [0.15, 0.2) is 29.3 Å². The molecule has 2 unspecified atom stereocenters. The molecule has 0 saturated carbocycles. The average molecular weight is 343 g/mol. The van der Waals surface area contributed by atoms with Crippen LogP contribution in [0.3, 0.4) is 0 Å². The highest BCUT2D eigenvalue weighted by molar-refractivity contribution is 6.33. The Morgan fingerprint density at radius 1 is 1.33 bits per heavy atom. The second-order valence-corrected chi connectivity index (χ2v) is 6.49. The first-order chi connectivity index (χ1) is 11.6. The summed E-state index contributed by atoms with van der Waals surface area (Å²) in [7, 11) is 1.58. The number of piperazine rings is 1. The number of hydrogen-bond donors (Lipinski definition) is 0. The number of piperidine rings is 1. The first-order valence-corrected chi connectivity index (χ1v) is 8.08. The molecule has 3 fully saturated rings. The van der Waals surface area contributed by atoms with Gasteiger partial charge in [0.05, 0.1) is 17.6 Å². The van der Waals surface area contributed by atoms with Crippen LogP contribution in [0.1, 0.15) is 12.1 Å². The highest BCUT2D eigenvalue weighted by Crippen LogP contribution is 2.40. The van der Waals surface area contributed by atoms with Crippen molar-refractivity contribution in [2.24, 2.45) is 7.05 Å². The topological polar surface area (TPSA) is 78.1 Å². The van der Waals surface area contributed by atoms with Gasteiger partial charge in [-0.05, 0) is 18.6 Å². The number of pyridine rings is 1. The highest BCUT2D eigenvalue weighted by Gasteiger charge is 2.46. The lowest BCUT2D eigenvalue weighted by molar-refractivity contribution is 0.291. The Kier molecular flexibility index (Phi) is 3.43. The van der Waals surface area contributed by atoms with E-state index in [1.54, 1.807) is 19.4 Å². The molecule has 3 saturated heterocycles. The molecule has 7 nitrogen and oxygen atoms in total. The first kappa shape index (κ1) is 15.0. The molecule has 2 aromatic rings. The summed E-state index contributed by atoms with van der Waals surface area (Å²) in [5, 5.41) is 13.5. The lowest BCUT2D eigenvalue weighted by Gasteiger charge is -2.58. The number of fused-ring (bicyclic) bond motifs is 2. The highest BCUT2D eigenvalue weighted by atomic mass is 35.5. The third-order valence-electron chi connectivity index (χ3n) is 4.76. The molecule has 2 aromatic heterocycles. The summed E-state index contributed by atoms with van der Waals surface area (Å²) in [5.41, 5.74) is 1.73. The number of nitrogens with zero attached hydrogens (tertiary/aromatic N) is 6. The van der Waals surface area contributed by atoms with Crippen LogP contribution >= 0.6 is 11.6 Å². The van der Waals surface area contributed by atoms with E-state index in [-0.39, 0.29) is 22.7 Å². The van der Waals surface area contributed by atoms with E-state index in [1.807, 2.05) is 12.1 Å². The van der Waals surface area contributed by atoms with E-state index in [9.17, 15) is 10.1 Å². The van der Waals surface area contributed by atoms with Crippen LogP contribution in [0.25, 0.3) is 0 Å². The Bertz CT molecular complexity index is 892. The molecule has 24 heavy (non-hydrogen) atoms. The van der Waals surface area contributed by atoms with E-state index in [4.69, 9.17) is 11.6 Å². The molecule has 0 spiro atoms. The summed E-state index contributed by atoms with van der Waals surface area (Å²) in [6.07, 6.45) is 4.34. The minimum absolute atomic E-state index is 0.208. The van der Waals surface area contributed by atoms with E-state index >= 15 is 0 Å². The Balaban J connectivity index is 1.61. The Hall–Kier alpha value is -2.59. The molecule has 0 aromatic carbocycles. The van der Waals surface area contributed by atoms with Crippen molar-refractivity contribution >= 4 is 23.0 Å². The number of halogens is 1. The first-order valence-electron chi connectivity index (χ1n) is 7.70. The molecule has 122 valence electrons. The van der Waals surface area contributed by atoms with Crippen molar-refractivity contribution in [3.8, 4) is 6.07 Å². The maximum Gasteiger partial charge on any atom is 0.287 e. The van der Waals surface area contributed by atoms with Crippen LogP contribution in [0.4, 0.5) is 11.4 Å². The van der Waals surface area contributed by atoms with E-state index in [1.165, 1.54) is 4.68 Å². The van der Waals surface area contributed by atoms with Crippen LogP contribution < -0.4 is 15.4 Å². The number of aromatic nitrogens is 3. The molecule has 2 atom stereocenters. The smallest absolute Gasteiger partial charge is 0.287 e. The lowest BCUT2D eigenvalue weighted by Crippen LogP contribution is -2.69. The van der Waals surface area contributed by atoms with Crippen LogP contribution in [-0.4, -0.2) is 39.9 Å². The van der Waals surface area contributed by atoms with Gasteiger partial charge in [0.1, 0.15) is 11.1 Å². The van der Waals surface area contributed by atoms with Gasteiger partial charge in [-0.2, -0.15) is 10.4 Å². The summed E-state index contributed by atoms with van der Waals surface area (Å²) in [4.78, 5) is 20.5. The van der Waals surface area contributed by atoms with Crippen molar-refractivity contribution in [2.75, 3.05) is 22.9 Å². The Labute approximate surface area is 143 Å². The normalized spacial score (nSPS) is 22.0. The molecule has 3 aliphatic heterocycles.